The summed E-state index contributed by atoms with van der Waals surface area (Å²) in [6.45, 7) is 1.51. The lowest BCUT2D eigenvalue weighted by Gasteiger charge is -2.16. The van der Waals surface area contributed by atoms with Crippen LogP contribution in [0.1, 0.15) is 29.4 Å². The summed E-state index contributed by atoms with van der Waals surface area (Å²) in [5.74, 6) is -2.06. The fourth-order valence-electron chi connectivity index (χ4n) is 2.90. The van der Waals surface area contributed by atoms with Gasteiger partial charge in [-0.2, -0.15) is 0 Å². The molecule has 8 nitrogen and oxygen atoms in total. The first-order valence-corrected chi connectivity index (χ1v) is 8.03. The van der Waals surface area contributed by atoms with Crippen LogP contribution in [0.3, 0.4) is 0 Å². The standard InChI is InChI=1S/C19H17NO7/c1-9-5-14(21)18(24)19(27-9)11(7-16(20)22)13-8-26-15-4-3-10(25-2)6-12(15)17(13)23/h3-6,8,11,24H,7H2,1-2H3,(H2,20,22). The van der Waals surface area contributed by atoms with E-state index in [0.717, 1.165) is 6.07 Å². The van der Waals surface area contributed by atoms with E-state index in [1.54, 1.807) is 12.1 Å². The van der Waals surface area contributed by atoms with Crippen LogP contribution in [0.25, 0.3) is 11.0 Å². The number of carbonyl (C=O) groups excluding carboxylic acids is 1. The average Bonchev–Trinajstić information content (AvgIpc) is 2.63. The van der Waals surface area contributed by atoms with Gasteiger partial charge in [-0.25, -0.2) is 0 Å². The molecular weight excluding hydrogens is 354 g/mol. The summed E-state index contributed by atoms with van der Waals surface area (Å²) in [5.41, 5.74) is 4.51. The van der Waals surface area contributed by atoms with Gasteiger partial charge in [0.1, 0.15) is 17.1 Å². The fraction of sp³-hybridized carbons (Fsp3) is 0.211. The number of methoxy groups -OCH3 is 1. The molecule has 1 unspecified atom stereocenters. The molecule has 1 aromatic carbocycles. The van der Waals surface area contributed by atoms with Gasteiger partial charge in [0, 0.05) is 18.1 Å². The topological polar surface area (TPSA) is 133 Å². The lowest BCUT2D eigenvalue weighted by Crippen LogP contribution is -2.22. The number of benzene rings is 1. The smallest absolute Gasteiger partial charge is 0.227 e. The molecule has 2 heterocycles. The molecule has 140 valence electrons. The quantitative estimate of drug-likeness (QED) is 0.698. The van der Waals surface area contributed by atoms with Crippen LogP contribution in [0.4, 0.5) is 0 Å². The predicted molar refractivity (Wildman–Crippen MR) is 96.1 cm³/mol. The largest absolute Gasteiger partial charge is 0.502 e. The number of aryl methyl sites for hydroxylation is 1. The maximum atomic E-state index is 13.0. The summed E-state index contributed by atoms with van der Waals surface area (Å²) >= 11 is 0. The van der Waals surface area contributed by atoms with E-state index in [9.17, 15) is 19.5 Å². The second kappa shape index (κ2) is 6.99. The van der Waals surface area contributed by atoms with Crippen molar-refractivity contribution in [3.63, 3.8) is 0 Å². The molecule has 0 spiro atoms. The van der Waals surface area contributed by atoms with Gasteiger partial charge in [0.25, 0.3) is 0 Å². The van der Waals surface area contributed by atoms with Crippen molar-refractivity contribution in [3.8, 4) is 11.5 Å². The van der Waals surface area contributed by atoms with Crippen molar-refractivity contribution < 1.29 is 23.5 Å². The van der Waals surface area contributed by atoms with E-state index in [1.165, 1.54) is 26.4 Å². The second-order valence-corrected chi connectivity index (χ2v) is 6.04. The van der Waals surface area contributed by atoms with Gasteiger partial charge in [0.15, 0.2) is 11.2 Å². The van der Waals surface area contributed by atoms with Crippen LogP contribution in [0.15, 0.2) is 49.0 Å². The van der Waals surface area contributed by atoms with Crippen LogP contribution < -0.4 is 21.3 Å². The molecule has 3 aromatic rings. The highest BCUT2D eigenvalue weighted by molar-refractivity contribution is 5.80. The van der Waals surface area contributed by atoms with Crippen LogP contribution in [0.5, 0.6) is 11.5 Å². The molecule has 0 saturated carbocycles. The number of aromatic hydroxyl groups is 1. The highest BCUT2D eigenvalue weighted by Crippen LogP contribution is 2.32. The normalized spacial score (nSPS) is 12.1. The summed E-state index contributed by atoms with van der Waals surface area (Å²) in [6, 6.07) is 5.82. The summed E-state index contributed by atoms with van der Waals surface area (Å²) in [4.78, 5) is 36.5. The van der Waals surface area contributed by atoms with Crippen molar-refractivity contribution in [1.29, 1.82) is 0 Å². The Hall–Kier alpha value is -3.55. The summed E-state index contributed by atoms with van der Waals surface area (Å²) < 4.78 is 16.1. The summed E-state index contributed by atoms with van der Waals surface area (Å²) in [5, 5.41) is 10.4. The SMILES string of the molecule is COc1ccc2occ(C(CC(N)=O)c3oc(C)cc(=O)c3O)c(=O)c2c1. The molecule has 1 amide bonds. The van der Waals surface area contributed by atoms with E-state index in [0.29, 0.717) is 11.3 Å². The number of amides is 1. The third-order valence-electron chi connectivity index (χ3n) is 4.18. The molecule has 0 saturated heterocycles. The van der Waals surface area contributed by atoms with Gasteiger partial charge in [-0.15, -0.1) is 0 Å². The first-order valence-electron chi connectivity index (χ1n) is 8.03. The minimum absolute atomic E-state index is 0.0265. The highest BCUT2D eigenvalue weighted by Gasteiger charge is 2.28. The van der Waals surface area contributed by atoms with Crippen molar-refractivity contribution in [2.24, 2.45) is 5.73 Å². The monoisotopic (exact) mass is 371 g/mol. The van der Waals surface area contributed by atoms with Gasteiger partial charge < -0.3 is 24.4 Å². The maximum absolute atomic E-state index is 13.0. The average molecular weight is 371 g/mol. The zero-order valence-corrected chi connectivity index (χ0v) is 14.6. The summed E-state index contributed by atoms with van der Waals surface area (Å²) in [6.07, 6.45) is 0.812. The van der Waals surface area contributed by atoms with Gasteiger partial charge in [0.05, 0.1) is 24.7 Å². The molecule has 3 N–H and O–H groups in total. The number of hydrogen-bond acceptors (Lipinski definition) is 7. The van der Waals surface area contributed by atoms with Crippen LogP contribution in [-0.2, 0) is 4.79 Å². The molecule has 1 atom stereocenters. The molecule has 0 fully saturated rings. The van der Waals surface area contributed by atoms with E-state index < -0.39 is 28.4 Å². The van der Waals surface area contributed by atoms with Crippen LogP contribution in [-0.4, -0.2) is 18.1 Å². The number of fused-ring (bicyclic) bond motifs is 1. The maximum Gasteiger partial charge on any atom is 0.227 e. The first-order chi connectivity index (χ1) is 12.8. The lowest BCUT2D eigenvalue weighted by molar-refractivity contribution is -0.118. The van der Waals surface area contributed by atoms with E-state index in [1.807, 2.05) is 0 Å². The van der Waals surface area contributed by atoms with E-state index in [2.05, 4.69) is 0 Å². The van der Waals surface area contributed by atoms with Gasteiger partial charge in [0.2, 0.25) is 17.1 Å². The van der Waals surface area contributed by atoms with Gasteiger partial charge >= 0.3 is 0 Å². The number of rotatable bonds is 5. The fourth-order valence-corrected chi connectivity index (χ4v) is 2.90. The highest BCUT2D eigenvalue weighted by atomic mass is 16.5. The van der Waals surface area contributed by atoms with Crippen molar-refractivity contribution in [2.45, 2.75) is 19.3 Å². The Labute approximate surface area is 152 Å². The molecule has 2 aromatic heterocycles. The number of primary amides is 1. The van der Waals surface area contributed by atoms with Crippen LogP contribution >= 0.6 is 0 Å². The zero-order chi connectivity index (χ0) is 19.7. The minimum Gasteiger partial charge on any atom is -0.502 e. The molecule has 0 radical (unpaired) electrons. The predicted octanol–water partition coefficient (Wildman–Crippen LogP) is 1.78. The van der Waals surface area contributed by atoms with Gasteiger partial charge in [-0.3, -0.25) is 14.4 Å². The summed E-state index contributed by atoms with van der Waals surface area (Å²) in [7, 11) is 1.46. The Morgan fingerprint density at radius 3 is 2.70 bits per heavy atom. The number of carbonyl (C=O) groups is 1. The number of ether oxygens (including phenoxy) is 1. The molecule has 3 rings (SSSR count). The Kier molecular flexibility index (Phi) is 4.72. The van der Waals surface area contributed by atoms with E-state index >= 15 is 0 Å². The van der Waals surface area contributed by atoms with Crippen LogP contribution in [0.2, 0.25) is 0 Å². The molecule has 0 aliphatic heterocycles. The van der Waals surface area contributed by atoms with Crippen molar-refractivity contribution in [2.75, 3.05) is 7.11 Å². The van der Waals surface area contributed by atoms with Crippen molar-refractivity contribution in [1.82, 2.24) is 0 Å². The van der Waals surface area contributed by atoms with Crippen LogP contribution in [0, 0.1) is 6.92 Å². The molecule has 0 bridgehead atoms. The molecule has 0 aliphatic carbocycles. The zero-order valence-electron chi connectivity index (χ0n) is 14.6. The Balaban J connectivity index is 2.28. The molecule has 27 heavy (non-hydrogen) atoms. The lowest BCUT2D eigenvalue weighted by atomic mass is 9.92. The van der Waals surface area contributed by atoms with Crippen molar-refractivity contribution in [3.05, 3.63) is 68.1 Å². The molecule has 0 aliphatic rings. The Morgan fingerprint density at radius 1 is 1.30 bits per heavy atom. The molecular formula is C19H17NO7. The molecule has 8 heteroatoms. The van der Waals surface area contributed by atoms with Crippen molar-refractivity contribution >= 4 is 16.9 Å². The first kappa shape index (κ1) is 18.2. The Bertz CT molecular complexity index is 1140. The third kappa shape index (κ3) is 3.41. The minimum atomic E-state index is -1.08. The van der Waals surface area contributed by atoms with Gasteiger partial charge in [-0.1, -0.05) is 0 Å². The van der Waals surface area contributed by atoms with E-state index in [-0.39, 0.29) is 28.9 Å². The second-order valence-electron chi connectivity index (χ2n) is 6.04. The third-order valence-corrected chi connectivity index (χ3v) is 4.18. The number of hydrogen-bond donors (Lipinski definition) is 2. The number of nitrogens with two attached hydrogens (primary N) is 1. The van der Waals surface area contributed by atoms with Gasteiger partial charge in [-0.05, 0) is 25.1 Å². The Morgan fingerprint density at radius 2 is 2.04 bits per heavy atom. The van der Waals surface area contributed by atoms with E-state index in [4.69, 9.17) is 19.3 Å².